The molecule has 0 radical (unpaired) electrons. The normalized spacial score (nSPS) is 11.7. The van der Waals surface area contributed by atoms with Crippen molar-refractivity contribution in [3.8, 4) is 22.6 Å². The van der Waals surface area contributed by atoms with Crippen LogP contribution in [0.5, 0.6) is 11.5 Å². The topological polar surface area (TPSA) is 79.4 Å². The van der Waals surface area contributed by atoms with Crippen molar-refractivity contribution in [2.45, 2.75) is 32.4 Å². The molecule has 0 N–H and O–H groups in total. The first-order valence-electron chi connectivity index (χ1n) is 11.2. The molecule has 0 bridgehead atoms. The Morgan fingerprint density at radius 3 is 2.36 bits per heavy atom. The first-order valence-corrected chi connectivity index (χ1v) is 14.9. The lowest BCUT2D eigenvalue weighted by Crippen LogP contribution is -2.22. The molecule has 0 atom stereocenters. The van der Waals surface area contributed by atoms with Crippen LogP contribution in [0.1, 0.15) is 0 Å². The number of benzene rings is 2. The molecule has 4 rings (SSSR count). The minimum atomic E-state index is -1.31. The second-order valence-corrected chi connectivity index (χ2v) is 15.1. The van der Waals surface area contributed by atoms with Crippen LogP contribution in [0.15, 0.2) is 54.9 Å². The Hall–Kier alpha value is -3.70. The van der Waals surface area contributed by atoms with Gasteiger partial charge >= 0.3 is 0 Å². The summed E-state index contributed by atoms with van der Waals surface area (Å²) in [5, 5.41) is 11.2. The fourth-order valence-corrected chi connectivity index (χ4v) is 4.41. The first-order chi connectivity index (χ1) is 17.0. The molecular weight excluding hydrogens is 491 g/mol. The molecule has 2 aromatic heterocycles. The monoisotopic (exact) mass is 515 g/mol. The Morgan fingerprint density at radius 2 is 1.72 bits per heavy atom. The molecule has 2 aromatic carbocycles. The lowest BCUT2D eigenvalue weighted by atomic mass is 10.0. The van der Waals surface area contributed by atoms with Crippen LogP contribution < -0.4 is 4.74 Å². The van der Waals surface area contributed by atoms with E-state index in [2.05, 4.69) is 24.6 Å². The van der Waals surface area contributed by atoms with Crippen LogP contribution in [0.3, 0.4) is 0 Å². The van der Waals surface area contributed by atoms with Crippen molar-refractivity contribution in [1.29, 1.82) is 0 Å². The molecular formula is C25H24F3N3O4Si. The third kappa shape index (κ3) is 5.42. The molecule has 0 saturated heterocycles. The molecule has 0 unspecified atom stereocenters. The molecule has 0 aliphatic rings. The molecule has 11 heteroatoms. The number of hydrogen-bond acceptors (Lipinski definition) is 5. The van der Waals surface area contributed by atoms with Crippen molar-refractivity contribution in [3.63, 3.8) is 0 Å². The number of nitro groups is 1. The molecule has 4 aromatic rings. The van der Waals surface area contributed by atoms with Gasteiger partial charge in [-0.05, 0) is 18.2 Å². The second kappa shape index (κ2) is 10.1. The number of hydrogen-bond donors (Lipinski definition) is 0. The molecule has 0 aliphatic carbocycles. The number of nitrogens with zero attached hydrogens (tertiary/aromatic N) is 3. The van der Waals surface area contributed by atoms with Crippen molar-refractivity contribution < 1.29 is 27.6 Å². The first kappa shape index (κ1) is 25.4. The summed E-state index contributed by atoms with van der Waals surface area (Å²) in [6.07, 6.45) is 3.04. The molecule has 7 nitrogen and oxygen atoms in total. The van der Waals surface area contributed by atoms with E-state index in [1.165, 1.54) is 18.3 Å². The zero-order chi connectivity index (χ0) is 26.0. The van der Waals surface area contributed by atoms with Gasteiger partial charge in [0.25, 0.3) is 5.69 Å². The van der Waals surface area contributed by atoms with E-state index in [0.717, 1.165) is 6.04 Å². The van der Waals surface area contributed by atoms with Crippen LogP contribution in [0.2, 0.25) is 25.7 Å². The van der Waals surface area contributed by atoms with Gasteiger partial charge in [0.1, 0.15) is 23.9 Å². The number of halogens is 3. The second-order valence-electron chi connectivity index (χ2n) is 9.45. The van der Waals surface area contributed by atoms with Crippen molar-refractivity contribution in [1.82, 2.24) is 9.55 Å². The fraction of sp³-hybridized carbons (Fsp3) is 0.240. The van der Waals surface area contributed by atoms with E-state index in [1.54, 1.807) is 29.0 Å². The SMILES string of the molecule is C[Si](C)(C)CCOCn1cc(-c2ccccc2F)c2c(Oc3c(F)cc([N+](=O)[O-])cc3F)ccnc21. The summed E-state index contributed by atoms with van der Waals surface area (Å²) < 4.78 is 57.1. The highest BCUT2D eigenvalue weighted by molar-refractivity contribution is 6.76. The molecule has 36 heavy (non-hydrogen) atoms. The van der Waals surface area contributed by atoms with E-state index in [4.69, 9.17) is 9.47 Å². The number of nitro benzene ring substituents is 1. The van der Waals surface area contributed by atoms with E-state index in [0.29, 0.717) is 35.3 Å². The van der Waals surface area contributed by atoms with Crippen LogP contribution in [0.4, 0.5) is 18.9 Å². The molecule has 0 spiro atoms. The van der Waals surface area contributed by atoms with E-state index >= 15 is 0 Å². The van der Waals surface area contributed by atoms with E-state index in [-0.39, 0.29) is 18.0 Å². The molecule has 2 heterocycles. The predicted octanol–water partition coefficient (Wildman–Crippen LogP) is 7.13. The number of aromatic nitrogens is 2. The fourth-order valence-electron chi connectivity index (χ4n) is 3.65. The minimum Gasteiger partial charge on any atom is -0.450 e. The van der Waals surface area contributed by atoms with Crippen LogP contribution >= 0.6 is 0 Å². The summed E-state index contributed by atoms with van der Waals surface area (Å²) in [5.41, 5.74) is 0.251. The Balaban J connectivity index is 1.80. The van der Waals surface area contributed by atoms with Crippen LogP contribution in [0.25, 0.3) is 22.2 Å². The van der Waals surface area contributed by atoms with Crippen molar-refractivity contribution >= 4 is 24.8 Å². The van der Waals surface area contributed by atoms with Crippen LogP contribution in [-0.2, 0) is 11.5 Å². The van der Waals surface area contributed by atoms with Gasteiger partial charge < -0.3 is 14.0 Å². The van der Waals surface area contributed by atoms with Gasteiger partial charge in [0.2, 0.25) is 0 Å². The van der Waals surface area contributed by atoms with Crippen molar-refractivity contribution in [2.75, 3.05) is 6.61 Å². The average Bonchev–Trinajstić information content (AvgIpc) is 3.18. The summed E-state index contributed by atoms with van der Waals surface area (Å²) in [6, 6.07) is 9.59. The van der Waals surface area contributed by atoms with Crippen molar-refractivity contribution in [2.24, 2.45) is 0 Å². The maximum Gasteiger partial charge on any atom is 0.275 e. The molecule has 0 aliphatic heterocycles. The summed E-state index contributed by atoms with van der Waals surface area (Å²) in [6.45, 7) is 7.38. The zero-order valence-corrected chi connectivity index (χ0v) is 20.9. The summed E-state index contributed by atoms with van der Waals surface area (Å²) in [4.78, 5) is 14.4. The number of rotatable bonds is 9. The number of fused-ring (bicyclic) bond motifs is 1. The van der Waals surface area contributed by atoms with E-state index in [9.17, 15) is 23.3 Å². The molecule has 0 saturated carbocycles. The quantitative estimate of drug-likeness (QED) is 0.103. The summed E-state index contributed by atoms with van der Waals surface area (Å²) in [7, 11) is -1.31. The number of non-ortho nitro benzene ring substituents is 1. The highest BCUT2D eigenvalue weighted by Crippen LogP contribution is 2.40. The van der Waals surface area contributed by atoms with Crippen molar-refractivity contribution in [3.05, 3.63) is 82.4 Å². The third-order valence-corrected chi connectivity index (χ3v) is 7.22. The molecule has 0 fully saturated rings. The molecule has 188 valence electrons. The lowest BCUT2D eigenvalue weighted by Gasteiger charge is -2.15. The number of pyridine rings is 1. The van der Waals surface area contributed by atoms with Gasteiger partial charge in [-0.25, -0.2) is 18.2 Å². The summed E-state index contributed by atoms with van der Waals surface area (Å²) in [5.74, 6) is -3.79. The summed E-state index contributed by atoms with van der Waals surface area (Å²) >= 11 is 0. The van der Waals surface area contributed by atoms with E-state index in [1.807, 2.05) is 0 Å². The number of ether oxygens (including phenoxy) is 2. The van der Waals surface area contributed by atoms with Gasteiger partial charge in [-0.1, -0.05) is 37.8 Å². The third-order valence-electron chi connectivity index (χ3n) is 5.52. The van der Waals surface area contributed by atoms with Gasteiger partial charge in [0, 0.05) is 38.2 Å². The Labute approximate surface area is 206 Å². The smallest absolute Gasteiger partial charge is 0.275 e. The van der Waals surface area contributed by atoms with Gasteiger partial charge in [-0.3, -0.25) is 10.1 Å². The highest BCUT2D eigenvalue weighted by atomic mass is 28.3. The lowest BCUT2D eigenvalue weighted by molar-refractivity contribution is -0.385. The van der Waals surface area contributed by atoms with Crippen LogP contribution in [0, 0.1) is 27.6 Å². The zero-order valence-electron chi connectivity index (χ0n) is 19.9. The maximum absolute atomic E-state index is 14.8. The molecule has 0 amide bonds. The predicted molar refractivity (Wildman–Crippen MR) is 132 cm³/mol. The Morgan fingerprint density at radius 1 is 1.03 bits per heavy atom. The standard InChI is InChI=1S/C25H24F3N3O4Si/c1-36(2,3)11-10-34-15-30-14-18(17-6-4-5-7-19(17)26)23-22(8-9-29-25(23)30)35-24-20(27)12-16(31(32)33)13-21(24)28/h4-9,12-14H,10-11,15H2,1-3H3. The van der Waals surface area contributed by atoms with E-state index < -0.39 is 41.9 Å². The highest BCUT2D eigenvalue weighted by Gasteiger charge is 2.23. The van der Waals surface area contributed by atoms with Gasteiger partial charge in [0.15, 0.2) is 17.4 Å². The largest absolute Gasteiger partial charge is 0.450 e. The van der Waals surface area contributed by atoms with Gasteiger partial charge in [-0.15, -0.1) is 0 Å². The Kier molecular flexibility index (Phi) is 7.13. The van der Waals surface area contributed by atoms with Gasteiger partial charge in [0.05, 0.1) is 22.4 Å². The average molecular weight is 516 g/mol. The van der Waals surface area contributed by atoms with Crippen LogP contribution in [-0.4, -0.2) is 29.2 Å². The van der Waals surface area contributed by atoms with Gasteiger partial charge in [-0.2, -0.15) is 0 Å². The maximum atomic E-state index is 14.8. The Bertz CT molecular complexity index is 1410. The minimum absolute atomic E-state index is 0.00533.